The molecule has 0 spiro atoms. The van der Waals surface area contributed by atoms with Crippen molar-refractivity contribution in [2.75, 3.05) is 6.54 Å². The predicted molar refractivity (Wildman–Crippen MR) is 87.1 cm³/mol. The number of nitrogens with one attached hydrogen (secondary N) is 1. The molecule has 0 saturated carbocycles. The summed E-state index contributed by atoms with van der Waals surface area (Å²) in [5, 5.41) is 6.21. The number of rotatable bonds is 5. The Hall–Kier alpha value is -1.80. The molecule has 1 N–H and O–H groups in total. The van der Waals surface area contributed by atoms with Gasteiger partial charge < -0.3 is 9.88 Å². The molecule has 0 unspecified atom stereocenters. The highest BCUT2D eigenvalue weighted by molar-refractivity contribution is 6.08. The van der Waals surface area contributed by atoms with E-state index in [1.165, 1.54) is 33.8 Å². The first-order valence-electron chi connectivity index (χ1n) is 7.55. The van der Waals surface area contributed by atoms with Crippen molar-refractivity contribution in [2.45, 2.75) is 33.4 Å². The van der Waals surface area contributed by atoms with Gasteiger partial charge in [0.1, 0.15) is 0 Å². The summed E-state index contributed by atoms with van der Waals surface area (Å²) in [7, 11) is 0. The van der Waals surface area contributed by atoms with Crippen molar-refractivity contribution >= 4 is 21.8 Å². The molecular formula is C18H22N2. The number of benzene rings is 2. The van der Waals surface area contributed by atoms with Gasteiger partial charge in [-0.15, -0.1) is 0 Å². The molecule has 0 aliphatic rings. The van der Waals surface area contributed by atoms with Gasteiger partial charge in [0.2, 0.25) is 0 Å². The molecular weight excluding hydrogens is 244 g/mol. The fourth-order valence-corrected chi connectivity index (χ4v) is 2.96. The van der Waals surface area contributed by atoms with E-state index >= 15 is 0 Å². The Balaban J connectivity index is 2.11. The third-order valence-electron chi connectivity index (χ3n) is 3.91. The molecule has 0 amide bonds. The number of aromatic nitrogens is 1. The second kappa shape index (κ2) is 5.68. The van der Waals surface area contributed by atoms with Gasteiger partial charge in [-0.25, -0.2) is 0 Å². The zero-order valence-corrected chi connectivity index (χ0v) is 12.3. The third kappa shape index (κ3) is 2.20. The molecule has 3 aromatic rings. The Morgan fingerprint density at radius 1 is 0.950 bits per heavy atom. The topological polar surface area (TPSA) is 17.0 Å². The van der Waals surface area contributed by atoms with Crippen molar-refractivity contribution in [1.82, 2.24) is 9.88 Å². The smallest absolute Gasteiger partial charge is 0.0491 e. The largest absolute Gasteiger partial charge is 0.341 e. The van der Waals surface area contributed by atoms with Crippen LogP contribution in [0.25, 0.3) is 21.8 Å². The number of hydrogen-bond acceptors (Lipinski definition) is 1. The van der Waals surface area contributed by atoms with E-state index in [1.807, 2.05) is 0 Å². The number of aryl methyl sites for hydroxylation is 1. The lowest BCUT2D eigenvalue weighted by Crippen LogP contribution is -2.13. The monoisotopic (exact) mass is 266 g/mol. The van der Waals surface area contributed by atoms with Gasteiger partial charge in [-0.1, -0.05) is 31.2 Å². The maximum atomic E-state index is 3.48. The van der Waals surface area contributed by atoms with Crippen LogP contribution in [0.2, 0.25) is 0 Å². The molecule has 0 radical (unpaired) electrons. The molecule has 2 heteroatoms. The molecule has 0 atom stereocenters. The molecule has 0 bridgehead atoms. The van der Waals surface area contributed by atoms with Crippen LogP contribution in [0, 0.1) is 0 Å². The van der Waals surface area contributed by atoms with Crippen LogP contribution in [0.4, 0.5) is 0 Å². The standard InChI is InChI=1S/C18H22N2/c1-3-11-19-13-14-9-10-18-16(12-14)15-7-5-6-8-17(15)20(18)4-2/h5-10,12,19H,3-4,11,13H2,1-2H3. The van der Waals surface area contributed by atoms with E-state index in [-0.39, 0.29) is 0 Å². The van der Waals surface area contributed by atoms with E-state index in [2.05, 4.69) is 66.2 Å². The highest BCUT2D eigenvalue weighted by Crippen LogP contribution is 2.29. The molecule has 104 valence electrons. The fraction of sp³-hybridized carbons (Fsp3) is 0.333. The van der Waals surface area contributed by atoms with Crippen LogP contribution in [0.15, 0.2) is 42.5 Å². The lowest BCUT2D eigenvalue weighted by molar-refractivity contribution is 0.676. The number of hydrogen-bond donors (Lipinski definition) is 1. The minimum Gasteiger partial charge on any atom is -0.341 e. The number of nitrogens with zero attached hydrogens (tertiary/aromatic N) is 1. The molecule has 0 fully saturated rings. The Labute approximate surface area is 120 Å². The maximum absolute atomic E-state index is 3.48. The van der Waals surface area contributed by atoms with Gasteiger partial charge in [0.05, 0.1) is 0 Å². The van der Waals surface area contributed by atoms with Gasteiger partial charge in [0.25, 0.3) is 0 Å². The van der Waals surface area contributed by atoms with Gasteiger partial charge in [0.15, 0.2) is 0 Å². The van der Waals surface area contributed by atoms with E-state index in [9.17, 15) is 0 Å². The lowest BCUT2D eigenvalue weighted by Gasteiger charge is -2.05. The van der Waals surface area contributed by atoms with E-state index in [4.69, 9.17) is 0 Å². The molecule has 0 aliphatic carbocycles. The predicted octanol–water partition coefficient (Wildman–Crippen LogP) is 4.31. The molecule has 2 aromatic carbocycles. The third-order valence-corrected chi connectivity index (χ3v) is 3.91. The van der Waals surface area contributed by atoms with Gasteiger partial charge >= 0.3 is 0 Å². The SMILES string of the molecule is CCCNCc1ccc2c(c1)c1ccccc1n2CC. The zero-order chi connectivity index (χ0) is 13.9. The van der Waals surface area contributed by atoms with E-state index in [0.717, 1.165) is 19.6 Å². The van der Waals surface area contributed by atoms with Gasteiger partial charge in [-0.3, -0.25) is 0 Å². The van der Waals surface area contributed by atoms with E-state index in [1.54, 1.807) is 0 Å². The minimum atomic E-state index is 0.954. The van der Waals surface area contributed by atoms with Crippen molar-refractivity contribution in [3.05, 3.63) is 48.0 Å². The van der Waals surface area contributed by atoms with Crippen molar-refractivity contribution in [3.8, 4) is 0 Å². The van der Waals surface area contributed by atoms with Crippen LogP contribution in [0.5, 0.6) is 0 Å². The van der Waals surface area contributed by atoms with Crippen molar-refractivity contribution < 1.29 is 0 Å². The summed E-state index contributed by atoms with van der Waals surface area (Å²) < 4.78 is 2.40. The van der Waals surface area contributed by atoms with E-state index in [0.29, 0.717) is 0 Å². The quantitative estimate of drug-likeness (QED) is 0.681. The highest BCUT2D eigenvalue weighted by Gasteiger charge is 2.09. The van der Waals surface area contributed by atoms with Crippen LogP contribution in [0.3, 0.4) is 0 Å². The Kier molecular flexibility index (Phi) is 3.75. The summed E-state index contributed by atoms with van der Waals surface area (Å²) in [5.74, 6) is 0. The molecule has 0 saturated heterocycles. The molecule has 1 aromatic heterocycles. The summed E-state index contributed by atoms with van der Waals surface area (Å²) in [6, 6.07) is 15.5. The molecule has 20 heavy (non-hydrogen) atoms. The Morgan fingerprint density at radius 3 is 2.55 bits per heavy atom. The Morgan fingerprint density at radius 2 is 1.75 bits per heavy atom. The summed E-state index contributed by atoms with van der Waals surface area (Å²) >= 11 is 0. The van der Waals surface area contributed by atoms with Crippen molar-refractivity contribution in [1.29, 1.82) is 0 Å². The van der Waals surface area contributed by atoms with Crippen LogP contribution in [0.1, 0.15) is 25.8 Å². The second-order valence-corrected chi connectivity index (χ2v) is 5.29. The van der Waals surface area contributed by atoms with Crippen LogP contribution >= 0.6 is 0 Å². The van der Waals surface area contributed by atoms with Crippen molar-refractivity contribution in [2.24, 2.45) is 0 Å². The zero-order valence-electron chi connectivity index (χ0n) is 12.3. The summed E-state index contributed by atoms with van der Waals surface area (Å²) in [5.41, 5.74) is 4.04. The maximum Gasteiger partial charge on any atom is 0.0491 e. The van der Waals surface area contributed by atoms with E-state index < -0.39 is 0 Å². The Bertz CT molecular complexity index is 725. The average molecular weight is 266 g/mol. The summed E-state index contributed by atoms with van der Waals surface area (Å²) in [6.07, 6.45) is 1.18. The molecule has 2 nitrogen and oxygen atoms in total. The highest BCUT2D eigenvalue weighted by atomic mass is 15.0. The van der Waals surface area contributed by atoms with Gasteiger partial charge in [-0.05, 0) is 43.7 Å². The normalized spacial score (nSPS) is 11.5. The molecule has 0 aliphatic heterocycles. The van der Waals surface area contributed by atoms with Gasteiger partial charge in [-0.2, -0.15) is 0 Å². The first kappa shape index (κ1) is 13.2. The summed E-state index contributed by atoms with van der Waals surface area (Å²) in [4.78, 5) is 0. The summed E-state index contributed by atoms with van der Waals surface area (Å²) in [6.45, 7) is 7.45. The number of para-hydroxylation sites is 1. The second-order valence-electron chi connectivity index (χ2n) is 5.29. The molecule has 1 heterocycles. The van der Waals surface area contributed by atoms with Crippen LogP contribution in [-0.2, 0) is 13.1 Å². The first-order chi connectivity index (χ1) is 9.85. The first-order valence-corrected chi connectivity index (χ1v) is 7.55. The number of fused-ring (bicyclic) bond motifs is 3. The lowest BCUT2D eigenvalue weighted by atomic mass is 10.1. The average Bonchev–Trinajstić information content (AvgIpc) is 2.81. The van der Waals surface area contributed by atoms with Gasteiger partial charge in [0, 0.05) is 34.9 Å². The minimum absolute atomic E-state index is 0.954. The van der Waals surface area contributed by atoms with Crippen LogP contribution in [-0.4, -0.2) is 11.1 Å². The van der Waals surface area contributed by atoms with Crippen molar-refractivity contribution in [3.63, 3.8) is 0 Å². The fourth-order valence-electron chi connectivity index (χ4n) is 2.96. The van der Waals surface area contributed by atoms with Crippen LogP contribution < -0.4 is 5.32 Å². The molecule has 3 rings (SSSR count).